The van der Waals surface area contributed by atoms with Crippen LogP contribution in [0.1, 0.15) is 21.7 Å². The van der Waals surface area contributed by atoms with Crippen molar-refractivity contribution >= 4 is 28.6 Å². The topological polar surface area (TPSA) is 49.3 Å². The lowest BCUT2D eigenvalue weighted by Gasteiger charge is -2.10. The third kappa shape index (κ3) is 4.61. The maximum Gasteiger partial charge on any atom is 0.191 e. The number of aryl methyl sites for hydroxylation is 1. The highest BCUT2D eigenvalue weighted by molar-refractivity contribution is 7.11. The Bertz CT molecular complexity index is 531. The van der Waals surface area contributed by atoms with Crippen LogP contribution in [0, 0.1) is 0 Å². The van der Waals surface area contributed by atoms with Crippen molar-refractivity contribution in [2.24, 2.45) is 4.99 Å². The molecule has 0 radical (unpaired) electrons. The van der Waals surface area contributed by atoms with Crippen molar-refractivity contribution < 1.29 is 0 Å². The number of nitrogens with zero attached hydrogens (tertiary/aromatic N) is 2. The molecule has 20 heavy (non-hydrogen) atoms. The molecule has 0 bridgehead atoms. The first-order chi connectivity index (χ1) is 9.81. The average Bonchev–Trinajstić information content (AvgIpc) is 3.13. The van der Waals surface area contributed by atoms with Gasteiger partial charge in [-0.3, -0.25) is 4.99 Å². The number of hydrogen-bond acceptors (Lipinski definition) is 4. The van der Waals surface area contributed by atoms with Crippen molar-refractivity contribution in [2.75, 3.05) is 13.6 Å². The van der Waals surface area contributed by atoms with Gasteiger partial charge in [0.05, 0.1) is 6.54 Å². The number of thiazole rings is 1. The molecule has 2 aromatic rings. The van der Waals surface area contributed by atoms with Crippen LogP contribution in [0.2, 0.25) is 0 Å². The molecule has 2 heterocycles. The predicted molar refractivity (Wildman–Crippen MR) is 87.7 cm³/mol. The van der Waals surface area contributed by atoms with Gasteiger partial charge in [-0.1, -0.05) is 13.0 Å². The molecule has 6 heteroatoms. The minimum Gasteiger partial charge on any atom is -0.356 e. The van der Waals surface area contributed by atoms with E-state index in [0.717, 1.165) is 36.9 Å². The molecular formula is C14H20N4S2. The minimum atomic E-state index is 0.726. The second-order valence-corrected chi connectivity index (χ2v) is 6.49. The normalized spacial score (nSPS) is 11.6. The molecular weight excluding hydrogens is 288 g/mol. The van der Waals surface area contributed by atoms with E-state index in [1.165, 1.54) is 9.75 Å². The van der Waals surface area contributed by atoms with E-state index < -0.39 is 0 Å². The van der Waals surface area contributed by atoms with E-state index in [2.05, 4.69) is 45.0 Å². The van der Waals surface area contributed by atoms with Crippen LogP contribution >= 0.6 is 22.7 Å². The van der Waals surface area contributed by atoms with Crippen molar-refractivity contribution in [3.05, 3.63) is 38.5 Å². The van der Waals surface area contributed by atoms with Gasteiger partial charge in [0.1, 0.15) is 5.01 Å². The summed E-state index contributed by atoms with van der Waals surface area (Å²) in [7, 11) is 1.79. The van der Waals surface area contributed by atoms with Crippen molar-refractivity contribution in [3.8, 4) is 0 Å². The lowest BCUT2D eigenvalue weighted by atomic mass is 10.3. The number of nitrogens with one attached hydrogen (secondary N) is 2. The molecule has 4 nitrogen and oxygen atoms in total. The van der Waals surface area contributed by atoms with Crippen molar-refractivity contribution in [1.82, 2.24) is 15.6 Å². The molecule has 108 valence electrons. The fourth-order valence-corrected chi connectivity index (χ4v) is 3.24. The van der Waals surface area contributed by atoms with Gasteiger partial charge >= 0.3 is 0 Å². The van der Waals surface area contributed by atoms with Crippen molar-refractivity contribution in [1.29, 1.82) is 0 Å². The van der Waals surface area contributed by atoms with Gasteiger partial charge in [-0.15, -0.1) is 22.7 Å². The van der Waals surface area contributed by atoms with Gasteiger partial charge in [0.25, 0.3) is 0 Å². The van der Waals surface area contributed by atoms with Crippen LogP contribution in [0.15, 0.2) is 28.7 Å². The standard InChI is InChI=1S/C14H20N4S2/c1-3-11-9-17-13(20-11)10-18-14(15-2)16-7-6-12-5-4-8-19-12/h4-5,8-9H,3,6-7,10H2,1-2H3,(H2,15,16,18). The summed E-state index contributed by atoms with van der Waals surface area (Å²) in [6.45, 7) is 3.76. The fraction of sp³-hybridized carbons (Fsp3) is 0.429. The lowest BCUT2D eigenvalue weighted by Crippen LogP contribution is -2.37. The molecule has 0 aliphatic carbocycles. The summed E-state index contributed by atoms with van der Waals surface area (Å²) < 4.78 is 0. The molecule has 2 N–H and O–H groups in total. The zero-order chi connectivity index (χ0) is 14.2. The number of guanidine groups is 1. The quantitative estimate of drug-likeness (QED) is 0.637. The Morgan fingerprint density at radius 2 is 2.25 bits per heavy atom. The van der Waals surface area contributed by atoms with Gasteiger partial charge in [-0.2, -0.15) is 0 Å². The lowest BCUT2D eigenvalue weighted by molar-refractivity contribution is 0.796. The van der Waals surface area contributed by atoms with Crippen LogP contribution in [0.25, 0.3) is 0 Å². The number of rotatable bonds is 6. The first-order valence-electron chi connectivity index (χ1n) is 6.72. The Kier molecular flexibility index (Phi) is 6.01. The summed E-state index contributed by atoms with van der Waals surface area (Å²) in [6, 6.07) is 4.24. The summed E-state index contributed by atoms with van der Waals surface area (Å²) in [5.41, 5.74) is 0. The van der Waals surface area contributed by atoms with E-state index in [1.807, 2.05) is 6.20 Å². The summed E-state index contributed by atoms with van der Waals surface area (Å²) in [5.74, 6) is 0.829. The molecule has 0 saturated heterocycles. The van der Waals surface area contributed by atoms with Gasteiger partial charge in [-0.05, 0) is 24.3 Å². The second-order valence-electron chi connectivity index (χ2n) is 4.26. The van der Waals surface area contributed by atoms with Gasteiger partial charge in [0.15, 0.2) is 5.96 Å². The second kappa shape index (κ2) is 8.01. The van der Waals surface area contributed by atoms with E-state index >= 15 is 0 Å². The molecule has 0 fully saturated rings. The molecule has 0 atom stereocenters. The number of aromatic nitrogens is 1. The molecule has 0 aliphatic rings. The summed E-state index contributed by atoms with van der Waals surface area (Å²) in [5, 5.41) is 9.82. The van der Waals surface area contributed by atoms with E-state index in [9.17, 15) is 0 Å². The van der Waals surface area contributed by atoms with Gasteiger partial charge in [0.2, 0.25) is 0 Å². The van der Waals surface area contributed by atoms with Crippen LogP contribution in [0.4, 0.5) is 0 Å². The highest BCUT2D eigenvalue weighted by Gasteiger charge is 2.02. The summed E-state index contributed by atoms with van der Waals surface area (Å²) in [6.07, 6.45) is 4.02. The zero-order valence-electron chi connectivity index (χ0n) is 11.8. The Morgan fingerprint density at radius 3 is 2.90 bits per heavy atom. The van der Waals surface area contributed by atoms with Crippen LogP contribution < -0.4 is 10.6 Å². The van der Waals surface area contributed by atoms with Crippen LogP contribution in [-0.2, 0) is 19.4 Å². The van der Waals surface area contributed by atoms with E-state index in [4.69, 9.17) is 0 Å². The number of aliphatic imine (C=N–C) groups is 1. The third-order valence-corrected chi connectivity index (χ3v) is 4.90. The van der Waals surface area contributed by atoms with E-state index in [0.29, 0.717) is 0 Å². The largest absolute Gasteiger partial charge is 0.356 e. The molecule has 0 aromatic carbocycles. The highest BCUT2D eigenvalue weighted by atomic mass is 32.1. The average molecular weight is 308 g/mol. The Labute approximate surface area is 128 Å². The maximum absolute atomic E-state index is 4.39. The first-order valence-corrected chi connectivity index (χ1v) is 8.42. The predicted octanol–water partition coefficient (Wildman–Crippen LogP) is 2.67. The van der Waals surface area contributed by atoms with Crippen LogP contribution in [0.5, 0.6) is 0 Å². The molecule has 0 amide bonds. The van der Waals surface area contributed by atoms with Crippen LogP contribution in [-0.4, -0.2) is 24.5 Å². The zero-order valence-corrected chi connectivity index (χ0v) is 13.5. The van der Waals surface area contributed by atoms with E-state index in [1.54, 1.807) is 29.7 Å². The smallest absolute Gasteiger partial charge is 0.191 e. The molecule has 0 unspecified atom stereocenters. The molecule has 0 saturated carbocycles. The summed E-state index contributed by atoms with van der Waals surface area (Å²) >= 11 is 3.54. The third-order valence-electron chi connectivity index (χ3n) is 2.82. The van der Waals surface area contributed by atoms with Crippen LogP contribution in [0.3, 0.4) is 0 Å². The van der Waals surface area contributed by atoms with Crippen molar-refractivity contribution in [2.45, 2.75) is 26.3 Å². The maximum atomic E-state index is 4.39. The van der Waals surface area contributed by atoms with Gasteiger partial charge in [0, 0.05) is 29.5 Å². The Hall–Kier alpha value is -1.40. The Morgan fingerprint density at radius 1 is 1.35 bits per heavy atom. The molecule has 2 rings (SSSR count). The van der Waals surface area contributed by atoms with Gasteiger partial charge in [-0.25, -0.2) is 4.98 Å². The number of hydrogen-bond donors (Lipinski definition) is 2. The molecule has 2 aromatic heterocycles. The molecule has 0 aliphatic heterocycles. The highest BCUT2D eigenvalue weighted by Crippen LogP contribution is 2.12. The van der Waals surface area contributed by atoms with Gasteiger partial charge < -0.3 is 10.6 Å². The minimum absolute atomic E-state index is 0.726. The van der Waals surface area contributed by atoms with Crippen molar-refractivity contribution in [3.63, 3.8) is 0 Å². The molecule has 0 spiro atoms. The summed E-state index contributed by atoms with van der Waals surface area (Å²) in [4.78, 5) is 11.3. The number of thiophene rings is 1. The SMILES string of the molecule is CCc1cnc(CNC(=NC)NCCc2cccs2)s1. The fourth-order valence-electron chi connectivity index (χ4n) is 1.73. The monoisotopic (exact) mass is 308 g/mol. The Balaban J connectivity index is 1.72. The van der Waals surface area contributed by atoms with E-state index in [-0.39, 0.29) is 0 Å². The first kappa shape index (κ1) is 15.0.